The highest BCUT2D eigenvalue weighted by Crippen LogP contribution is 2.10. The molecule has 0 aliphatic carbocycles. The SMILES string of the molecule is COCCn1c(SC)nc(I)cc1=O. The number of nitrogens with zero attached hydrogens (tertiary/aromatic N) is 2. The molecular formula is C8H11IN2O2S. The Bertz CT molecular complexity index is 367. The van der Waals surface area contributed by atoms with Crippen LogP contribution in [0, 0.1) is 3.70 Å². The lowest BCUT2D eigenvalue weighted by Crippen LogP contribution is -2.24. The van der Waals surface area contributed by atoms with Crippen molar-refractivity contribution in [2.24, 2.45) is 0 Å². The third-order valence-electron chi connectivity index (χ3n) is 1.64. The number of rotatable bonds is 4. The molecular weight excluding hydrogens is 315 g/mol. The zero-order chi connectivity index (χ0) is 10.6. The molecule has 0 fully saturated rings. The van der Waals surface area contributed by atoms with E-state index in [1.54, 1.807) is 11.7 Å². The van der Waals surface area contributed by atoms with E-state index in [9.17, 15) is 4.79 Å². The van der Waals surface area contributed by atoms with Crippen LogP contribution in [-0.2, 0) is 11.3 Å². The molecule has 0 radical (unpaired) electrons. The predicted octanol–water partition coefficient (Wildman–Crippen LogP) is 1.22. The standard InChI is InChI=1S/C8H11IN2O2S/c1-13-4-3-11-7(12)5-6(9)10-8(11)14-2/h5H,3-4H2,1-2H3. The van der Waals surface area contributed by atoms with Crippen molar-refractivity contribution in [2.45, 2.75) is 11.7 Å². The Labute approximate surface area is 100 Å². The highest BCUT2D eigenvalue weighted by atomic mass is 127. The number of aromatic nitrogens is 2. The first-order valence-corrected chi connectivity index (χ1v) is 6.29. The van der Waals surface area contributed by atoms with Crippen molar-refractivity contribution in [2.75, 3.05) is 20.0 Å². The van der Waals surface area contributed by atoms with Crippen LogP contribution < -0.4 is 5.56 Å². The minimum absolute atomic E-state index is 0.0224. The van der Waals surface area contributed by atoms with Gasteiger partial charge in [0.25, 0.3) is 5.56 Å². The second-order valence-corrected chi connectivity index (χ2v) is 4.43. The normalized spacial score (nSPS) is 10.5. The Balaban J connectivity index is 3.06. The molecule has 0 atom stereocenters. The van der Waals surface area contributed by atoms with E-state index in [1.807, 2.05) is 28.8 Å². The molecule has 4 nitrogen and oxygen atoms in total. The van der Waals surface area contributed by atoms with E-state index < -0.39 is 0 Å². The summed E-state index contributed by atoms with van der Waals surface area (Å²) in [6.07, 6.45) is 1.90. The highest BCUT2D eigenvalue weighted by Gasteiger charge is 2.05. The molecule has 0 spiro atoms. The highest BCUT2D eigenvalue weighted by molar-refractivity contribution is 14.1. The largest absolute Gasteiger partial charge is 0.383 e. The van der Waals surface area contributed by atoms with Gasteiger partial charge in [-0.3, -0.25) is 9.36 Å². The second-order valence-electron chi connectivity index (χ2n) is 2.55. The van der Waals surface area contributed by atoms with Gasteiger partial charge in [-0.25, -0.2) is 4.98 Å². The third-order valence-corrected chi connectivity index (χ3v) is 2.87. The molecule has 0 N–H and O–H groups in total. The molecule has 1 heterocycles. The van der Waals surface area contributed by atoms with E-state index in [2.05, 4.69) is 4.98 Å². The fourth-order valence-corrected chi connectivity index (χ4v) is 2.25. The summed E-state index contributed by atoms with van der Waals surface area (Å²) in [4.78, 5) is 15.8. The van der Waals surface area contributed by atoms with Gasteiger partial charge in [0.2, 0.25) is 0 Å². The average molecular weight is 326 g/mol. The molecule has 0 aliphatic rings. The van der Waals surface area contributed by atoms with Gasteiger partial charge in [0, 0.05) is 13.2 Å². The van der Waals surface area contributed by atoms with Crippen molar-refractivity contribution >= 4 is 34.4 Å². The maximum absolute atomic E-state index is 11.6. The van der Waals surface area contributed by atoms with Crippen LogP contribution in [0.4, 0.5) is 0 Å². The van der Waals surface area contributed by atoms with Crippen molar-refractivity contribution in [3.8, 4) is 0 Å². The summed E-state index contributed by atoms with van der Waals surface area (Å²) < 4.78 is 7.28. The summed E-state index contributed by atoms with van der Waals surface area (Å²) in [5, 5.41) is 0.735. The Morgan fingerprint density at radius 1 is 1.71 bits per heavy atom. The number of ether oxygens (including phenoxy) is 1. The molecule has 0 bridgehead atoms. The third kappa shape index (κ3) is 2.96. The summed E-state index contributed by atoms with van der Waals surface area (Å²) >= 11 is 3.51. The van der Waals surface area contributed by atoms with Crippen LogP contribution in [0.3, 0.4) is 0 Å². The van der Waals surface area contributed by atoms with E-state index in [0.717, 1.165) is 8.86 Å². The van der Waals surface area contributed by atoms with Crippen LogP contribution in [0.1, 0.15) is 0 Å². The summed E-state index contributed by atoms with van der Waals surface area (Å²) in [5.41, 5.74) is -0.0224. The zero-order valence-electron chi connectivity index (χ0n) is 7.99. The van der Waals surface area contributed by atoms with E-state index in [-0.39, 0.29) is 5.56 Å². The van der Waals surface area contributed by atoms with Gasteiger partial charge in [-0.2, -0.15) is 0 Å². The minimum Gasteiger partial charge on any atom is -0.383 e. The first kappa shape index (κ1) is 12.0. The van der Waals surface area contributed by atoms with Gasteiger partial charge < -0.3 is 4.74 Å². The van der Waals surface area contributed by atoms with Crippen LogP contribution in [-0.4, -0.2) is 29.5 Å². The van der Waals surface area contributed by atoms with E-state index in [1.165, 1.54) is 17.8 Å². The van der Waals surface area contributed by atoms with Gasteiger partial charge in [0.15, 0.2) is 5.16 Å². The topological polar surface area (TPSA) is 44.1 Å². The summed E-state index contributed by atoms with van der Waals surface area (Å²) in [5.74, 6) is 0. The fraction of sp³-hybridized carbons (Fsp3) is 0.500. The molecule has 1 rings (SSSR count). The van der Waals surface area contributed by atoms with Crippen LogP contribution in [0.2, 0.25) is 0 Å². The molecule has 0 aliphatic heterocycles. The molecule has 78 valence electrons. The van der Waals surface area contributed by atoms with Crippen molar-refractivity contribution in [1.29, 1.82) is 0 Å². The molecule has 0 saturated carbocycles. The molecule has 0 saturated heterocycles. The number of hydrogen-bond acceptors (Lipinski definition) is 4. The smallest absolute Gasteiger partial charge is 0.255 e. The van der Waals surface area contributed by atoms with Gasteiger partial charge in [-0.15, -0.1) is 0 Å². The molecule has 1 aromatic heterocycles. The maximum Gasteiger partial charge on any atom is 0.255 e. The van der Waals surface area contributed by atoms with Crippen molar-refractivity contribution in [1.82, 2.24) is 9.55 Å². The summed E-state index contributed by atoms with van der Waals surface area (Å²) in [6, 6.07) is 1.52. The van der Waals surface area contributed by atoms with Gasteiger partial charge in [0.05, 0.1) is 13.2 Å². The van der Waals surface area contributed by atoms with Crippen LogP contribution in [0.15, 0.2) is 16.0 Å². The fourth-order valence-electron chi connectivity index (χ4n) is 1.00. The Morgan fingerprint density at radius 3 is 3.00 bits per heavy atom. The van der Waals surface area contributed by atoms with Crippen molar-refractivity contribution in [3.63, 3.8) is 0 Å². The summed E-state index contributed by atoms with van der Waals surface area (Å²) in [7, 11) is 1.62. The van der Waals surface area contributed by atoms with Crippen LogP contribution >= 0.6 is 34.4 Å². The monoisotopic (exact) mass is 326 g/mol. The Hall–Kier alpha value is -0.0800. The van der Waals surface area contributed by atoms with Gasteiger partial charge >= 0.3 is 0 Å². The maximum atomic E-state index is 11.6. The lowest BCUT2D eigenvalue weighted by atomic mass is 10.6. The van der Waals surface area contributed by atoms with Crippen LogP contribution in [0.5, 0.6) is 0 Å². The molecule has 0 amide bonds. The average Bonchev–Trinajstić information content (AvgIpc) is 2.15. The lowest BCUT2D eigenvalue weighted by Gasteiger charge is -2.09. The molecule has 0 unspecified atom stereocenters. The number of hydrogen-bond donors (Lipinski definition) is 0. The Kier molecular flexibility index (Phi) is 4.90. The molecule has 6 heteroatoms. The quantitative estimate of drug-likeness (QED) is 0.361. The van der Waals surface area contributed by atoms with Gasteiger partial charge in [-0.05, 0) is 28.8 Å². The Morgan fingerprint density at radius 2 is 2.43 bits per heavy atom. The molecule has 0 aromatic carbocycles. The van der Waals surface area contributed by atoms with E-state index in [0.29, 0.717) is 13.2 Å². The van der Waals surface area contributed by atoms with E-state index in [4.69, 9.17) is 4.74 Å². The molecule has 1 aromatic rings. The zero-order valence-corrected chi connectivity index (χ0v) is 11.0. The molecule has 14 heavy (non-hydrogen) atoms. The van der Waals surface area contributed by atoms with Crippen molar-refractivity contribution in [3.05, 3.63) is 20.1 Å². The van der Waals surface area contributed by atoms with Gasteiger partial charge in [-0.1, -0.05) is 11.8 Å². The lowest BCUT2D eigenvalue weighted by molar-refractivity contribution is 0.183. The summed E-state index contributed by atoms with van der Waals surface area (Å²) in [6.45, 7) is 1.07. The van der Waals surface area contributed by atoms with Crippen LogP contribution in [0.25, 0.3) is 0 Å². The number of halogens is 1. The number of thioether (sulfide) groups is 1. The number of methoxy groups -OCH3 is 1. The van der Waals surface area contributed by atoms with Gasteiger partial charge in [0.1, 0.15) is 3.70 Å². The second kappa shape index (κ2) is 5.72. The first-order chi connectivity index (χ1) is 6.69. The predicted molar refractivity (Wildman–Crippen MR) is 64.9 cm³/mol. The van der Waals surface area contributed by atoms with E-state index >= 15 is 0 Å². The first-order valence-electron chi connectivity index (χ1n) is 3.99. The van der Waals surface area contributed by atoms with Crippen molar-refractivity contribution < 1.29 is 4.74 Å². The minimum atomic E-state index is -0.0224.